The summed E-state index contributed by atoms with van der Waals surface area (Å²) in [6.07, 6.45) is 1.38. The van der Waals surface area contributed by atoms with Gasteiger partial charge < -0.3 is 10.7 Å². The Balaban J connectivity index is 2.21. The molecule has 1 aromatic heterocycles. The van der Waals surface area contributed by atoms with Gasteiger partial charge in [0.15, 0.2) is 11.6 Å². The van der Waals surface area contributed by atoms with Crippen molar-refractivity contribution in [1.82, 2.24) is 9.97 Å². The fourth-order valence-electron chi connectivity index (χ4n) is 2.03. The highest BCUT2D eigenvalue weighted by atomic mass is 19.2. The highest BCUT2D eigenvalue weighted by molar-refractivity contribution is 5.58. The van der Waals surface area contributed by atoms with Gasteiger partial charge in [0.05, 0.1) is 0 Å². The normalized spacial score (nSPS) is 10.8. The molecule has 2 rings (SSSR count). The van der Waals surface area contributed by atoms with Crippen LogP contribution in [0.5, 0.6) is 0 Å². The molecule has 0 unspecified atom stereocenters. The number of halogens is 2. The molecule has 0 bridgehead atoms. The third-order valence-electron chi connectivity index (χ3n) is 3.04. The van der Waals surface area contributed by atoms with Gasteiger partial charge in [-0.2, -0.15) is 0 Å². The molecular weight excluding hydrogens is 276 g/mol. The Hall–Kier alpha value is -2.28. The lowest BCUT2D eigenvalue weighted by Crippen LogP contribution is -2.15. The van der Waals surface area contributed by atoms with Crippen LogP contribution in [0.4, 0.5) is 20.4 Å². The number of hydrogen-bond acceptors (Lipinski definition) is 5. The Labute approximate surface area is 121 Å². The predicted octanol–water partition coefficient (Wildman–Crippen LogP) is 2.78. The molecule has 0 spiro atoms. The van der Waals surface area contributed by atoms with Gasteiger partial charge in [-0.25, -0.2) is 24.6 Å². The summed E-state index contributed by atoms with van der Waals surface area (Å²) in [6, 6.07) is 3.77. The maximum Gasteiger partial charge on any atom is 0.159 e. The molecule has 0 aliphatic carbocycles. The number of nitrogens with two attached hydrogens (primary N) is 1. The van der Waals surface area contributed by atoms with Gasteiger partial charge in [-0.3, -0.25) is 0 Å². The van der Waals surface area contributed by atoms with E-state index < -0.39 is 11.6 Å². The van der Waals surface area contributed by atoms with Gasteiger partial charge in [0, 0.05) is 12.1 Å². The fraction of sp³-hybridized carbons (Fsp3) is 0.286. The van der Waals surface area contributed by atoms with Crippen LogP contribution in [-0.2, 0) is 6.54 Å². The van der Waals surface area contributed by atoms with Crippen molar-refractivity contribution in [3.63, 3.8) is 0 Å². The third kappa shape index (κ3) is 3.43. The molecule has 21 heavy (non-hydrogen) atoms. The third-order valence-corrected chi connectivity index (χ3v) is 3.04. The van der Waals surface area contributed by atoms with E-state index in [0.29, 0.717) is 23.7 Å². The SMILES string of the molecule is CC(C)c1c(NN)ncnc1NCc1ccc(F)c(F)c1. The fourth-order valence-corrected chi connectivity index (χ4v) is 2.03. The van der Waals surface area contributed by atoms with Crippen LogP contribution in [-0.4, -0.2) is 9.97 Å². The number of nitrogens with zero attached hydrogens (tertiary/aromatic N) is 2. The first-order chi connectivity index (χ1) is 10.0. The average molecular weight is 293 g/mol. The Bertz CT molecular complexity index is 631. The lowest BCUT2D eigenvalue weighted by atomic mass is 10.0. The lowest BCUT2D eigenvalue weighted by Gasteiger charge is -2.16. The molecule has 0 saturated carbocycles. The number of aromatic nitrogens is 2. The molecule has 0 atom stereocenters. The van der Waals surface area contributed by atoms with Crippen molar-refractivity contribution in [3.05, 3.63) is 47.3 Å². The average Bonchev–Trinajstić information content (AvgIpc) is 2.47. The molecule has 1 heterocycles. The highest BCUT2D eigenvalue weighted by Gasteiger charge is 2.14. The van der Waals surface area contributed by atoms with Gasteiger partial charge in [0.25, 0.3) is 0 Å². The molecule has 1 aromatic carbocycles. The van der Waals surface area contributed by atoms with E-state index in [1.807, 2.05) is 13.8 Å². The Morgan fingerprint density at radius 3 is 2.48 bits per heavy atom. The van der Waals surface area contributed by atoms with Crippen molar-refractivity contribution in [1.29, 1.82) is 0 Å². The van der Waals surface area contributed by atoms with E-state index in [0.717, 1.165) is 17.7 Å². The second kappa shape index (κ2) is 6.45. The summed E-state index contributed by atoms with van der Waals surface area (Å²) in [5.41, 5.74) is 3.98. The standard InChI is InChI=1S/C14H17F2N5/c1-8(2)12-13(19-7-20-14(12)21-17)18-6-9-3-4-10(15)11(16)5-9/h3-5,7-8H,6,17H2,1-2H3,(H2,18,19,20,21). The number of nitrogen functional groups attached to an aromatic ring is 1. The van der Waals surface area contributed by atoms with E-state index >= 15 is 0 Å². The molecular formula is C14H17F2N5. The van der Waals surface area contributed by atoms with Gasteiger partial charge >= 0.3 is 0 Å². The van der Waals surface area contributed by atoms with Crippen LogP contribution in [0.1, 0.15) is 30.9 Å². The van der Waals surface area contributed by atoms with Crippen LogP contribution in [0.3, 0.4) is 0 Å². The smallest absolute Gasteiger partial charge is 0.159 e. The predicted molar refractivity (Wildman–Crippen MR) is 77.6 cm³/mol. The molecule has 2 aromatic rings. The number of anilines is 2. The molecule has 0 amide bonds. The largest absolute Gasteiger partial charge is 0.366 e. The Morgan fingerprint density at radius 2 is 1.86 bits per heavy atom. The zero-order valence-electron chi connectivity index (χ0n) is 11.8. The zero-order chi connectivity index (χ0) is 15.4. The molecule has 5 nitrogen and oxygen atoms in total. The van der Waals surface area contributed by atoms with E-state index in [-0.39, 0.29) is 5.92 Å². The number of rotatable bonds is 5. The number of hydrogen-bond donors (Lipinski definition) is 3. The molecule has 0 saturated heterocycles. The van der Waals surface area contributed by atoms with E-state index in [1.54, 1.807) is 0 Å². The van der Waals surface area contributed by atoms with Crippen molar-refractivity contribution in [2.24, 2.45) is 5.84 Å². The van der Waals surface area contributed by atoms with Crippen molar-refractivity contribution in [2.75, 3.05) is 10.7 Å². The van der Waals surface area contributed by atoms with Crippen molar-refractivity contribution < 1.29 is 8.78 Å². The first-order valence-corrected chi connectivity index (χ1v) is 6.52. The van der Waals surface area contributed by atoms with Gasteiger partial charge in [-0.15, -0.1) is 0 Å². The summed E-state index contributed by atoms with van der Waals surface area (Å²) in [4.78, 5) is 8.24. The minimum atomic E-state index is -0.870. The van der Waals surface area contributed by atoms with E-state index in [1.165, 1.54) is 12.4 Å². The number of hydrazine groups is 1. The van der Waals surface area contributed by atoms with Crippen LogP contribution in [0.25, 0.3) is 0 Å². The van der Waals surface area contributed by atoms with E-state index in [4.69, 9.17) is 5.84 Å². The summed E-state index contributed by atoms with van der Waals surface area (Å²) in [6.45, 7) is 4.29. The highest BCUT2D eigenvalue weighted by Crippen LogP contribution is 2.28. The molecule has 7 heteroatoms. The van der Waals surface area contributed by atoms with Crippen molar-refractivity contribution in [2.45, 2.75) is 26.3 Å². The minimum absolute atomic E-state index is 0.143. The molecule has 0 aliphatic rings. The quantitative estimate of drug-likeness (QED) is 0.584. The van der Waals surface area contributed by atoms with Crippen LogP contribution in [0, 0.1) is 11.6 Å². The molecule has 0 fully saturated rings. The summed E-state index contributed by atoms with van der Waals surface area (Å²) in [5.74, 6) is 5.00. The lowest BCUT2D eigenvalue weighted by molar-refractivity contribution is 0.507. The summed E-state index contributed by atoms with van der Waals surface area (Å²) in [7, 11) is 0. The Kier molecular flexibility index (Phi) is 4.64. The first kappa shape index (κ1) is 15.1. The van der Waals surface area contributed by atoms with Crippen molar-refractivity contribution in [3.8, 4) is 0 Å². The maximum atomic E-state index is 13.2. The minimum Gasteiger partial charge on any atom is -0.366 e. The van der Waals surface area contributed by atoms with Crippen LogP contribution in [0.15, 0.2) is 24.5 Å². The molecule has 4 N–H and O–H groups in total. The number of nitrogens with one attached hydrogen (secondary N) is 2. The zero-order valence-corrected chi connectivity index (χ0v) is 11.8. The number of benzene rings is 1. The van der Waals surface area contributed by atoms with Gasteiger partial charge in [-0.05, 0) is 23.6 Å². The summed E-state index contributed by atoms with van der Waals surface area (Å²) < 4.78 is 26.1. The first-order valence-electron chi connectivity index (χ1n) is 6.52. The van der Waals surface area contributed by atoms with Gasteiger partial charge in [0.2, 0.25) is 0 Å². The maximum absolute atomic E-state index is 13.2. The monoisotopic (exact) mass is 293 g/mol. The van der Waals surface area contributed by atoms with Crippen LogP contribution >= 0.6 is 0 Å². The second-order valence-corrected chi connectivity index (χ2v) is 4.89. The van der Waals surface area contributed by atoms with E-state index in [9.17, 15) is 8.78 Å². The van der Waals surface area contributed by atoms with E-state index in [2.05, 4.69) is 20.7 Å². The summed E-state index contributed by atoms with van der Waals surface area (Å²) >= 11 is 0. The molecule has 0 aliphatic heterocycles. The van der Waals surface area contributed by atoms with Gasteiger partial charge in [-0.1, -0.05) is 19.9 Å². The molecule has 112 valence electrons. The van der Waals surface area contributed by atoms with Gasteiger partial charge in [0.1, 0.15) is 18.0 Å². The van der Waals surface area contributed by atoms with Crippen molar-refractivity contribution >= 4 is 11.6 Å². The second-order valence-electron chi connectivity index (χ2n) is 4.89. The van der Waals surface area contributed by atoms with Crippen LogP contribution in [0.2, 0.25) is 0 Å². The summed E-state index contributed by atoms with van der Waals surface area (Å²) in [5, 5.41) is 3.10. The topological polar surface area (TPSA) is 75.9 Å². The molecule has 0 radical (unpaired) electrons. The Morgan fingerprint density at radius 1 is 1.14 bits per heavy atom. The van der Waals surface area contributed by atoms with Crippen LogP contribution < -0.4 is 16.6 Å².